The van der Waals surface area contributed by atoms with Crippen molar-refractivity contribution >= 4 is 5.91 Å². The number of benzene rings is 1. The lowest BCUT2D eigenvalue weighted by molar-refractivity contribution is 0.0784. The lowest BCUT2D eigenvalue weighted by Gasteiger charge is -2.15. The molecule has 0 radical (unpaired) electrons. The summed E-state index contributed by atoms with van der Waals surface area (Å²) in [5, 5.41) is 0. The minimum absolute atomic E-state index is 0.0673. The van der Waals surface area contributed by atoms with Crippen LogP contribution in [-0.2, 0) is 0 Å². The fraction of sp³-hybridized carbons (Fsp3) is 0.250. The topological polar surface area (TPSA) is 68.5 Å². The van der Waals surface area contributed by atoms with Gasteiger partial charge in [0, 0.05) is 31.4 Å². The Morgan fingerprint density at radius 2 is 2.05 bits per heavy atom. The van der Waals surface area contributed by atoms with Crippen LogP contribution in [0.15, 0.2) is 48.7 Å². The minimum atomic E-state index is -0.0959. The summed E-state index contributed by atoms with van der Waals surface area (Å²) in [5.41, 5.74) is 6.22. The van der Waals surface area contributed by atoms with E-state index in [2.05, 4.69) is 4.98 Å². The number of rotatable bonds is 3. The van der Waals surface area contributed by atoms with Crippen LogP contribution in [0.3, 0.4) is 0 Å². The summed E-state index contributed by atoms with van der Waals surface area (Å²) >= 11 is 0. The van der Waals surface area contributed by atoms with E-state index in [1.807, 2.05) is 30.3 Å². The number of pyridine rings is 1. The van der Waals surface area contributed by atoms with Crippen molar-refractivity contribution in [1.82, 2.24) is 9.88 Å². The largest absolute Gasteiger partial charge is 0.457 e. The molecule has 0 saturated carbocycles. The van der Waals surface area contributed by atoms with Crippen LogP contribution in [0.4, 0.5) is 0 Å². The lowest BCUT2D eigenvalue weighted by atomic mass is 10.3. The summed E-state index contributed by atoms with van der Waals surface area (Å²) in [7, 11) is 0. The molecule has 108 valence electrons. The second-order valence-electron chi connectivity index (χ2n) is 5.09. The van der Waals surface area contributed by atoms with Gasteiger partial charge in [-0.15, -0.1) is 0 Å². The fourth-order valence-electron chi connectivity index (χ4n) is 2.35. The van der Waals surface area contributed by atoms with Crippen LogP contribution in [-0.4, -0.2) is 34.9 Å². The molecule has 21 heavy (non-hydrogen) atoms. The van der Waals surface area contributed by atoms with E-state index in [-0.39, 0.29) is 11.9 Å². The van der Waals surface area contributed by atoms with Gasteiger partial charge in [0.1, 0.15) is 17.2 Å². The van der Waals surface area contributed by atoms with Crippen molar-refractivity contribution in [2.24, 2.45) is 5.73 Å². The first kappa shape index (κ1) is 13.6. The standard InChI is InChI=1S/C16H17N3O2/c17-12-7-9-19(11-12)16(20)15-10-14(6-8-18-15)21-13-4-2-1-3-5-13/h1-6,8,10,12H,7,9,11,17H2/t12-/m1/s1. The van der Waals surface area contributed by atoms with Crippen LogP contribution in [0, 0.1) is 0 Å². The summed E-state index contributed by atoms with van der Waals surface area (Å²) in [5.74, 6) is 1.23. The van der Waals surface area contributed by atoms with Gasteiger partial charge >= 0.3 is 0 Å². The van der Waals surface area contributed by atoms with Crippen LogP contribution in [0.2, 0.25) is 0 Å². The van der Waals surface area contributed by atoms with Crippen LogP contribution in [0.5, 0.6) is 11.5 Å². The average molecular weight is 283 g/mol. The number of nitrogens with two attached hydrogens (primary N) is 1. The number of ether oxygens (including phenoxy) is 1. The molecule has 0 unspecified atom stereocenters. The number of amides is 1. The number of likely N-dealkylation sites (tertiary alicyclic amines) is 1. The molecular weight excluding hydrogens is 266 g/mol. The molecule has 3 rings (SSSR count). The monoisotopic (exact) mass is 283 g/mol. The SMILES string of the molecule is N[C@@H]1CCN(C(=O)c2cc(Oc3ccccc3)ccn2)C1. The van der Waals surface area contributed by atoms with Crippen molar-refractivity contribution in [3.63, 3.8) is 0 Å². The van der Waals surface area contributed by atoms with E-state index in [0.717, 1.165) is 12.2 Å². The maximum atomic E-state index is 12.3. The predicted octanol–water partition coefficient (Wildman–Crippen LogP) is 2.05. The highest BCUT2D eigenvalue weighted by atomic mass is 16.5. The van der Waals surface area contributed by atoms with Crippen LogP contribution in [0.25, 0.3) is 0 Å². The second kappa shape index (κ2) is 5.93. The second-order valence-corrected chi connectivity index (χ2v) is 5.09. The van der Waals surface area contributed by atoms with Crippen LogP contribution in [0.1, 0.15) is 16.9 Å². The zero-order valence-corrected chi connectivity index (χ0v) is 11.6. The summed E-state index contributed by atoms with van der Waals surface area (Å²) in [6.45, 7) is 1.27. The molecule has 1 saturated heterocycles. The highest BCUT2D eigenvalue weighted by molar-refractivity contribution is 5.92. The minimum Gasteiger partial charge on any atom is -0.457 e. The zero-order valence-electron chi connectivity index (χ0n) is 11.6. The normalized spacial score (nSPS) is 17.8. The third-order valence-corrected chi connectivity index (χ3v) is 3.44. The van der Waals surface area contributed by atoms with Crippen LogP contribution >= 0.6 is 0 Å². The van der Waals surface area contributed by atoms with E-state index in [9.17, 15) is 4.79 Å². The molecule has 0 aliphatic carbocycles. The number of hydrogen-bond donors (Lipinski definition) is 1. The Morgan fingerprint density at radius 3 is 2.76 bits per heavy atom. The Balaban J connectivity index is 1.75. The van der Waals surface area contributed by atoms with Gasteiger partial charge in [0.2, 0.25) is 0 Å². The number of hydrogen-bond acceptors (Lipinski definition) is 4. The summed E-state index contributed by atoms with van der Waals surface area (Å²) in [6.07, 6.45) is 2.42. The Hall–Kier alpha value is -2.40. The number of carbonyl (C=O) groups excluding carboxylic acids is 1. The molecule has 1 aliphatic rings. The fourth-order valence-corrected chi connectivity index (χ4v) is 2.35. The molecular formula is C16H17N3O2. The van der Waals surface area contributed by atoms with Crippen molar-refractivity contribution in [2.45, 2.75) is 12.5 Å². The Labute approximate surface area is 123 Å². The summed E-state index contributed by atoms with van der Waals surface area (Å²) in [6, 6.07) is 12.9. The molecule has 5 heteroatoms. The van der Waals surface area contributed by atoms with Gasteiger partial charge in [0.15, 0.2) is 0 Å². The Kier molecular flexibility index (Phi) is 3.83. The molecule has 2 heterocycles. The predicted molar refractivity (Wildman–Crippen MR) is 79.2 cm³/mol. The molecule has 0 bridgehead atoms. The lowest BCUT2D eigenvalue weighted by Crippen LogP contribution is -2.32. The van der Waals surface area contributed by atoms with E-state index >= 15 is 0 Å². The van der Waals surface area contributed by atoms with Gasteiger partial charge in [0.25, 0.3) is 5.91 Å². The highest BCUT2D eigenvalue weighted by Gasteiger charge is 2.25. The van der Waals surface area contributed by atoms with Gasteiger partial charge in [-0.3, -0.25) is 9.78 Å². The quantitative estimate of drug-likeness (QED) is 0.936. The number of carbonyl (C=O) groups is 1. The number of nitrogens with zero attached hydrogens (tertiary/aromatic N) is 2. The summed E-state index contributed by atoms with van der Waals surface area (Å²) in [4.78, 5) is 18.2. The first-order valence-corrected chi connectivity index (χ1v) is 6.96. The first-order chi connectivity index (χ1) is 10.2. The molecule has 1 amide bonds. The highest BCUT2D eigenvalue weighted by Crippen LogP contribution is 2.21. The van der Waals surface area contributed by atoms with Crippen LogP contribution < -0.4 is 10.5 Å². The molecule has 5 nitrogen and oxygen atoms in total. The van der Waals surface area contributed by atoms with Crippen molar-refractivity contribution in [3.05, 3.63) is 54.4 Å². The van der Waals surface area contributed by atoms with Crippen molar-refractivity contribution in [2.75, 3.05) is 13.1 Å². The molecule has 1 aromatic carbocycles. The third-order valence-electron chi connectivity index (χ3n) is 3.44. The maximum absolute atomic E-state index is 12.3. The first-order valence-electron chi connectivity index (χ1n) is 6.96. The molecule has 2 aromatic rings. The van der Waals surface area contributed by atoms with Gasteiger partial charge in [-0.2, -0.15) is 0 Å². The number of para-hydroxylation sites is 1. The zero-order chi connectivity index (χ0) is 14.7. The van der Waals surface area contributed by atoms with Crippen molar-refractivity contribution in [3.8, 4) is 11.5 Å². The molecule has 2 N–H and O–H groups in total. The molecule has 1 aliphatic heterocycles. The Bertz CT molecular complexity index is 630. The number of aromatic nitrogens is 1. The van der Waals surface area contributed by atoms with E-state index in [1.165, 1.54) is 0 Å². The van der Waals surface area contributed by atoms with Crippen molar-refractivity contribution in [1.29, 1.82) is 0 Å². The van der Waals surface area contributed by atoms with E-state index < -0.39 is 0 Å². The van der Waals surface area contributed by atoms with Crippen molar-refractivity contribution < 1.29 is 9.53 Å². The third kappa shape index (κ3) is 3.20. The summed E-state index contributed by atoms with van der Waals surface area (Å²) < 4.78 is 5.72. The van der Waals surface area contributed by atoms with Gasteiger partial charge in [0.05, 0.1) is 0 Å². The van der Waals surface area contributed by atoms with E-state index in [4.69, 9.17) is 10.5 Å². The molecule has 0 spiro atoms. The molecule has 1 aromatic heterocycles. The van der Waals surface area contributed by atoms with Gasteiger partial charge in [-0.25, -0.2) is 0 Å². The van der Waals surface area contributed by atoms with E-state index in [0.29, 0.717) is 24.5 Å². The Morgan fingerprint density at radius 1 is 1.24 bits per heavy atom. The maximum Gasteiger partial charge on any atom is 0.272 e. The van der Waals surface area contributed by atoms with Gasteiger partial charge in [-0.1, -0.05) is 18.2 Å². The average Bonchev–Trinajstić information content (AvgIpc) is 2.94. The van der Waals surface area contributed by atoms with Gasteiger partial charge in [-0.05, 0) is 24.6 Å². The van der Waals surface area contributed by atoms with E-state index in [1.54, 1.807) is 23.2 Å². The van der Waals surface area contributed by atoms with Gasteiger partial charge < -0.3 is 15.4 Å². The smallest absolute Gasteiger partial charge is 0.272 e. The molecule has 1 atom stereocenters. The molecule has 1 fully saturated rings.